The molecule has 0 bridgehead atoms. The van der Waals surface area contributed by atoms with E-state index >= 15 is 0 Å². The summed E-state index contributed by atoms with van der Waals surface area (Å²) in [5.41, 5.74) is 1.08. The molecular weight excluding hydrogens is 350 g/mol. The average Bonchev–Trinajstić information content (AvgIpc) is 2.67. The van der Waals surface area contributed by atoms with Crippen LogP contribution in [0.25, 0.3) is 0 Å². The lowest BCUT2D eigenvalue weighted by Gasteiger charge is -2.33. The highest BCUT2D eigenvalue weighted by Crippen LogP contribution is 2.15. The lowest BCUT2D eigenvalue weighted by molar-refractivity contribution is -0.114. The third-order valence-corrected chi connectivity index (χ3v) is 3.89. The minimum atomic E-state index is -0.528. The smallest absolute Gasteiger partial charge is 0.409 e. The molecule has 2 rings (SSSR count). The van der Waals surface area contributed by atoms with Gasteiger partial charge in [-0.25, -0.2) is 4.79 Å². The van der Waals surface area contributed by atoms with E-state index in [1.54, 1.807) is 29.2 Å². The topological polar surface area (TPSA) is 115 Å². The summed E-state index contributed by atoms with van der Waals surface area (Å²) in [5.74, 6) is -0.714. The summed E-state index contributed by atoms with van der Waals surface area (Å²) in [5, 5.41) is 14.6. The summed E-state index contributed by atoms with van der Waals surface area (Å²) in [7, 11) is 1.33. The standard InChI is InChI=1S/C18H21N5O4/c1-13(24)20-15-3-5-16(6-4-15)21-17(25)14(11-19)12-22-7-9-23(10-8-22)18(26)27-2/h3-6,12H,7-10H2,1-2H3,(H,20,24)(H,21,25)/b14-12-. The number of methoxy groups -OCH3 is 1. The third-order valence-electron chi connectivity index (χ3n) is 3.89. The van der Waals surface area contributed by atoms with Crippen LogP contribution in [-0.2, 0) is 14.3 Å². The van der Waals surface area contributed by atoms with Crippen molar-refractivity contribution < 1.29 is 19.1 Å². The Labute approximate surface area is 157 Å². The Morgan fingerprint density at radius 2 is 1.63 bits per heavy atom. The normalized spacial score (nSPS) is 14.2. The van der Waals surface area contributed by atoms with Gasteiger partial charge < -0.3 is 25.2 Å². The van der Waals surface area contributed by atoms with Crippen molar-refractivity contribution in [2.24, 2.45) is 0 Å². The van der Waals surface area contributed by atoms with Crippen LogP contribution in [0.15, 0.2) is 36.0 Å². The molecule has 1 fully saturated rings. The molecule has 0 spiro atoms. The number of piperazine rings is 1. The van der Waals surface area contributed by atoms with E-state index in [1.807, 2.05) is 11.0 Å². The zero-order chi connectivity index (χ0) is 19.8. The Morgan fingerprint density at radius 1 is 1.07 bits per heavy atom. The van der Waals surface area contributed by atoms with Crippen molar-refractivity contribution in [3.8, 4) is 6.07 Å². The summed E-state index contributed by atoms with van der Waals surface area (Å²) < 4.78 is 4.67. The van der Waals surface area contributed by atoms with E-state index in [9.17, 15) is 19.6 Å². The molecule has 1 aliphatic heterocycles. The molecule has 9 nitrogen and oxygen atoms in total. The molecule has 142 valence electrons. The van der Waals surface area contributed by atoms with Crippen LogP contribution in [0.5, 0.6) is 0 Å². The summed E-state index contributed by atoms with van der Waals surface area (Å²) in [6, 6.07) is 8.46. The molecule has 0 atom stereocenters. The minimum Gasteiger partial charge on any atom is -0.453 e. The van der Waals surface area contributed by atoms with Crippen LogP contribution in [0.4, 0.5) is 16.2 Å². The van der Waals surface area contributed by atoms with E-state index in [1.165, 1.54) is 20.2 Å². The van der Waals surface area contributed by atoms with Crippen LogP contribution in [-0.4, -0.2) is 61.0 Å². The van der Waals surface area contributed by atoms with Crippen molar-refractivity contribution in [2.75, 3.05) is 43.9 Å². The van der Waals surface area contributed by atoms with Crippen LogP contribution < -0.4 is 10.6 Å². The van der Waals surface area contributed by atoms with Gasteiger partial charge in [0.25, 0.3) is 5.91 Å². The van der Waals surface area contributed by atoms with E-state index in [0.717, 1.165) is 0 Å². The predicted molar refractivity (Wildman–Crippen MR) is 98.6 cm³/mol. The number of benzene rings is 1. The highest BCUT2D eigenvalue weighted by atomic mass is 16.5. The van der Waals surface area contributed by atoms with Gasteiger partial charge in [0.1, 0.15) is 11.6 Å². The van der Waals surface area contributed by atoms with Crippen LogP contribution >= 0.6 is 0 Å². The molecule has 2 N–H and O–H groups in total. The number of carbonyl (C=O) groups excluding carboxylic acids is 3. The first kappa shape index (κ1) is 19.8. The molecular formula is C18H21N5O4. The number of carbonyl (C=O) groups is 3. The second kappa shape index (κ2) is 9.24. The Balaban J connectivity index is 1.95. The molecule has 9 heteroatoms. The number of hydrogen-bond donors (Lipinski definition) is 2. The van der Waals surface area contributed by atoms with Crippen molar-refractivity contribution in [1.82, 2.24) is 9.80 Å². The number of rotatable bonds is 4. The van der Waals surface area contributed by atoms with Gasteiger partial charge in [-0.15, -0.1) is 0 Å². The molecule has 27 heavy (non-hydrogen) atoms. The molecule has 0 saturated carbocycles. The van der Waals surface area contributed by atoms with Crippen LogP contribution in [0.1, 0.15) is 6.92 Å². The van der Waals surface area contributed by atoms with Crippen LogP contribution in [0.2, 0.25) is 0 Å². The van der Waals surface area contributed by atoms with Gasteiger partial charge in [0, 0.05) is 50.7 Å². The van der Waals surface area contributed by atoms with Gasteiger partial charge in [0.2, 0.25) is 5.91 Å². The van der Waals surface area contributed by atoms with Crippen LogP contribution in [0, 0.1) is 11.3 Å². The quantitative estimate of drug-likeness (QED) is 0.610. The number of nitriles is 1. The summed E-state index contributed by atoms with van der Waals surface area (Å²) in [4.78, 5) is 38.2. The molecule has 0 aromatic heterocycles. The second-order valence-corrected chi connectivity index (χ2v) is 5.86. The zero-order valence-corrected chi connectivity index (χ0v) is 15.2. The maximum Gasteiger partial charge on any atom is 0.409 e. The molecule has 1 aromatic carbocycles. The molecule has 1 saturated heterocycles. The van der Waals surface area contributed by atoms with Crippen molar-refractivity contribution in [3.05, 3.63) is 36.0 Å². The highest BCUT2D eigenvalue weighted by Gasteiger charge is 2.21. The molecule has 0 unspecified atom stereocenters. The fraction of sp³-hybridized carbons (Fsp3) is 0.333. The fourth-order valence-electron chi connectivity index (χ4n) is 2.52. The lowest BCUT2D eigenvalue weighted by Crippen LogP contribution is -2.47. The Kier molecular flexibility index (Phi) is 6.77. The second-order valence-electron chi connectivity index (χ2n) is 5.86. The maximum atomic E-state index is 12.3. The number of nitrogens with zero attached hydrogens (tertiary/aromatic N) is 3. The number of anilines is 2. The van der Waals surface area contributed by atoms with Gasteiger partial charge >= 0.3 is 6.09 Å². The summed E-state index contributed by atoms with van der Waals surface area (Å²) >= 11 is 0. The summed E-state index contributed by atoms with van der Waals surface area (Å²) in [6.45, 7) is 3.31. The van der Waals surface area contributed by atoms with Crippen molar-refractivity contribution in [2.45, 2.75) is 6.92 Å². The molecule has 3 amide bonds. The molecule has 1 heterocycles. The van der Waals surface area contributed by atoms with Crippen LogP contribution in [0.3, 0.4) is 0 Å². The third kappa shape index (κ3) is 5.74. The maximum absolute atomic E-state index is 12.3. The molecule has 1 aliphatic rings. The predicted octanol–water partition coefficient (Wildman–Crippen LogP) is 1.37. The lowest BCUT2D eigenvalue weighted by atomic mass is 10.2. The SMILES string of the molecule is COC(=O)N1CCN(/C=C(/C#N)C(=O)Nc2ccc(NC(C)=O)cc2)CC1. The Morgan fingerprint density at radius 3 is 2.11 bits per heavy atom. The number of hydrogen-bond acceptors (Lipinski definition) is 6. The average molecular weight is 371 g/mol. The van der Waals surface area contributed by atoms with Gasteiger partial charge in [-0.1, -0.05) is 0 Å². The van der Waals surface area contributed by atoms with Crippen molar-refractivity contribution in [3.63, 3.8) is 0 Å². The number of amides is 3. The first-order chi connectivity index (χ1) is 12.9. The van der Waals surface area contributed by atoms with Crippen molar-refractivity contribution in [1.29, 1.82) is 5.26 Å². The van der Waals surface area contributed by atoms with Gasteiger partial charge in [0.05, 0.1) is 7.11 Å². The molecule has 1 aromatic rings. The van der Waals surface area contributed by atoms with Crippen molar-refractivity contribution >= 4 is 29.3 Å². The monoisotopic (exact) mass is 371 g/mol. The number of nitrogens with one attached hydrogen (secondary N) is 2. The van der Waals surface area contributed by atoms with Gasteiger partial charge in [-0.3, -0.25) is 9.59 Å². The van der Waals surface area contributed by atoms with E-state index in [4.69, 9.17) is 0 Å². The minimum absolute atomic E-state index is 0.0348. The number of ether oxygens (including phenoxy) is 1. The fourth-order valence-corrected chi connectivity index (χ4v) is 2.52. The van der Waals surface area contributed by atoms with Gasteiger partial charge in [-0.2, -0.15) is 5.26 Å². The van der Waals surface area contributed by atoms with Gasteiger partial charge in [0.15, 0.2) is 0 Å². The van der Waals surface area contributed by atoms with Gasteiger partial charge in [-0.05, 0) is 24.3 Å². The first-order valence-corrected chi connectivity index (χ1v) is 8.31. The molecule has 0 aliphatic carbocycles. The Hall–Kier alpha value is -3.54. The Bertz CT molecular complexity index is 774. The molecule has 0 radical (unpaired) electrons. The van der Waals surface area contributed by atoms with E-state index in [-0.39, 0.29) is 17.6 Å². The summed E-state index contributed by atoms with van der Waals surface area (Å²) in [6.07, 6.45) is 1.11. The van der Waals surface area contributed by atoms with E-state index in [0.29, 0.717) is 37.6 Å². The highest BCUT2D eigenvalue weighted by molar-refractivity contribution is 6.06. The first-order valence-electron chi connectivity index (χ1n) is 8.31. The van der Waals surface area contributed by atoms with E-state index in [2.05, 4.69) is 15.4 Å². The van der Waals surface area contributed by atoms with E-state index < -0.39 is 5.91 Å². The largest absolute Gasteiger partial charge is 0.453 e. The zero-order valence-electron chi connectivity index (χ0n) is 15.2.